The number of piperazine rings is 1. The summed E-state index contributed by atoms with van der Waals surface area (Å²) in [5, 5.41) is 5.87. The zero-order chi connectivity index (χ0) is 21.6. The molecule has 10 heteroatoms. The van der Waals surface area contributed by atoms with Gasteiger partial charge in [0.1, 0.15) is 11.0 Å². The molecule has 9 nitrogen and oxygen atoms in total. The lowest BCUT2D eigenvalue weighted by atomic mass is 10.1. The molecule has 0 aliphatic carbocycles. The molecule has 0 saturated carbocycles. The number of ether oxygens (including phenoxy) is 2. The van der Waals surface area contributed by atoms with Gasteiger partial charge < -0.3 is 20.1 Å². The van der Waals surface area contributed by atoms with Gasteiger partial charge in [-0.25, -0.2) is 4.79 Å². The van der Waals surface area contributed by atoms with E-state index < -0.39 is 18.0 Å². The Morgan fingerprint density at radius 2 is 2.10 bits per heavy atom. The number of carbonyl (C=O) groups excluding carboxylic acids is 4. The molecule has 1 atom stereocenters. The highest BCUT2D eigenvalue weighted by molar-refractivity contribution is 7.16. The molecular formula is C19H27N3O6S. The van der Waals surface area contributed by atoms with Crippen LogP contribution in [-0.2, 0) is 23.9 Å². The maximum Gasteiger partial charge on any atom is 0.341 e. The standard InChI is InChI=1S/C19H27N3O6S/c1-5-28-19(26)12-8-14(11(2)3)29-18(12)21-15(23)10-22-7-6-20-17(25)13(22)9-16(24)27-4/h8,11,13H,5-7,9-10H2,1-4H3,(H,20,25)(H,21,23)/t13-/m1/s1. The van der Waals surface area contributed by atoms with Crippen LogP contribution in [0.5, 0.6) is 0 Å². The van der Waals surface area contributed by atoms with Gasteiger partial charge in [0.2, 0.25) is 11.8 Å². The minimum atomic E-state index is -0.777. The fourth-order valence-electron chi connectivity index (χ4n) is 2.91. The molecule has 1 aliphatic heterocycles. The summed E-state index contributed by atoms with van der Waals surface area (Å²) >= 11 is 1.32. The predicted octanol–water partition coefficient (Wildman–Crippen LogP) is 1.35. The van der Waals surface area contributed by atoms with Crippen LogP contribution in [0.1, 0.15) is 48.3 Å². The zero-order valence-electron chi connectivity index (χ0n) is 17.1. The first-order chi connectivity index (χ1) is 13.8. The smallest absolute Gasteiger partial charge is 0.341 e. The highest BCUT2D eigenvalue weighted by Gasteiger charge is 2.33. The van der Waals surface area contributed by atoms with Crippen LogP contribution in [0.3, 0.4) is 0 Å². The molecule has 0 unspecified atom stereocenters. The fraction of sp³-hybridized carbons (Fsp3) is 0.579. The largest absolute Gasteiger partial charge is 0.469 e. The van der Waals surface area contributed by atoms with Crippen LogP contribution in [-0.4, -0.2) is 68.0 Å². The van der Waals surface area contributed by atoms with E-state index in [1.165, 1.54) is 18.4 Å². The van der Waals surface area contributed by atoms with Crippen molar-refractivity contribution in [3.05, 3.63) is 16.5 Å². The Morgan fingerprint density at radius 3 is 2.72 bits per heavy atom. The van der Waals surface area contributed by atoms with Crippen molar-refractivity contribution in [2.45, 2.75) is 39.2 Å². The van der Waals surface area contributed by atoms with Gasteiger partial charge in [0, 0.05) is 18.0 Å². The van der Waals surface area contributed by atoms with E-state index >= 15 is 0 Å². The van der Waals surface area contributed by atoms with E-state index in [-0.39, 0.29) is 37.3 Å². The Hall–Kier alpha value is -2.46. The first-order valence-corrected chi connectivity index (χ1v) is 10.3. The minimum Gasteiger partial charge on any atom is -0.469 e. The summed E-state index contributed by atoms with van der Waals surface area (Å²) in [5.41, 5.74) is 0.316. The molecular weight excluding hydrogens is 398 g/mol. The summed E-state index contributed by atoms with van der Waals surface area (Å²) < 4.78 is 9.73. The number of methoxy groups -OCH3 is 1. The second-order valence-corrected chi connectivity index (χ2v) is 7.96. The normalized spacial score (nSPS) is 17.0. The molecule has 1 aliphatic rings. The van der Waals surface area contributed by atoms with Crippen molar-refractivity contribution in [1.29, 1.82) is 0 Å². The Labute approximate surface area is 173 Å². The maximum absolute atomic E-state index is 12.7. The van der Waals surface area contributed by atoms with Gasteiger partial charge in [-0.1, -0.05) is 13.8 Å². The lowest BCUT2D eigenvalue weighted by Gasteiger charge is -2.33. The van der Waals surface area contributed by atoms with Gasteiger partial charge >= 0.3 is 11.9 Å². The summed E-state index contributed by atoms with van der Waals surface area (Å²) in [4.78, 5) is 51.2. The van der Waals surface area contributed by atoms with E-state index in [0.29, 0.717) is 23.7 Å². The monoisotopic (exact) mass is 425 g/mol. The third kappa shape index (κ3) is 6.01. The summed E-state index contributed by atoms with van der Waals surface area (Å²) in [6.45, 7) is 6.66. The number of thiophene rings is 1. The number of esters is 2. The number of hydrogen-bond acceptors (Lipinski definition) is 8. The molecule has 1 saturated heterocycles. The quantitative estimate of drug-likeness (QED) is 0.604. The topological polar surface area (TPSA) is 114 Å². The molecule has 1 aromatic heterocycles. The van der Waals surface area contributed by atoms with Gasteiger partial charge in [-0.2, -0.15) is 0 Å². The Balaban J connectivity index is 2.13. The molecule has 2 rings (SSSR count). The first-order valence-electron chi connectivity index (χ1n) is 9.46. The molecule has 2 N–H and O–H groups in total. The average Bonchev–Trinajstić information content (AvgIpc) is 3.08. The van der Waals surface area contributed by atoms with E-state index in [0.717, 1.165) is 4.88 Å². The first kappa shape index (κ1) is 22.8. The van der Waals surface area contributed by atoms with Crippen molar-refractivity contribution >= 4 is 40.1 Å². The second-order valence-electron chi connectivity index (χ2n) is 6.87. The molecule has 0 aromatic carbocycles. The number of hydrogen-bond donors (Lipinski definition) is 2. The lowest BCUT2D eigenvalue weighted by Crippen LogP contribution is -2.57. The SMILES string of the molecule is CCOC(=O)c1cc(C(C)C)sc1NC(=O)CN1CCNC(=O)[C@H]1CC(=O)OC. The summed E-state index contributed by atoms with van der Waals surface area (Å²) in [6, 6.07) is 0.957. The van der Waals surface area contributed by atoms with Crippen LogP contribution in [0.2, 0.25) is 0 Å². The van der Waals surface area contributed by atoms with E-state index in [1.807, 2.05) is 13.8 Å². The number of carbonyl (C=O) groups is 4. The molecule has 1 fully saturated rings. The molecule has 2 amide bonds. The van der Waals surface area contributed by atoms with Gasteiger partial charge in [0.25, 0.3) is 0 Å². The van der Waals surface area contributed by atoms with Gasteiger partial charge in [0.05, 0.1) is 32.2 Å². The van der Waals surface area contributed by atoms with Gasteiger partial charge in [0.15, 0.2) is 0 Å². The molecule has 1 aromatic rings. The number of anilines is 1. The van der Waals surface area contributed by atoms with Gasteiger partial charge in [-0.05, 0) is 18.9 Å². The highest BCUT2D eigenvalue weighted by Crippen LogP contribution is 2.33. The highest BCUT2D eigenvalue weighted by atomic mass is 32.1. The summed E-state index contributed by atoms with van der Waals surface area (Å²) in [6.07, 6.45) is -0.139. The fourth-order valence-corrected chi connectivity index (χ4v) is 3.98. The van der Waals surface area contributed by atoms with E-state index in [1.54, 1.807) is 17.9 Å². The Morgan fingerprint density at radius 1 is 1.38 bits per heavy atom. The van der Waals surface area contributed by atoms with Crippen LogP contribution >= 0.6 is 11.3 Å². The second kappa shape index (κ2) is 10.4. The van der Waals surface area contributed by atoms with Crippen LogP contribution in [0.25, 0.3) is 0 Å². The summed E-state index contributed by atoms with van der Waals surface area (Å²) in [7, 11) is 1.25. The molecule has 2 heterocycles. The van der Waals surface area contributed by atoms with E-state index in [2.05, 4.69) is 15.4 Å². The van der Waals surface area contributed by atoms with Crippen LogP contribution in [0.4, 0.5) is 5.00 Å². The molecule has 160 valence electrons. The average molecular weight is 426 g/mol. The number of nitrogens with one attached hydrogen (secondary N) is 2. The lowest BCUT2D eigenvalue weighted by molar-refractivity contribution is -0.146. The van der Waals surface area contributed by atoms with Crippen molar-refractivity contribution < 1.29 is 28.7 Å². The van der Waals surface area contributed by atoms with Crippen molar-refractivity contribution in [3.8, 4) is 0 Å². The predicted molar refractivity (Wildman–Crippen MR) is 108 cm³/mol. The third-order valence-corrected chi connectivity index (χ3v) is 5.80. The van der Waals surface area contributed by atoms with E-state index in [4.69, 9.17) is 4.74 Å². The van der Waals surface area contributed by atoms with Crippen LogP contribution in [0.15, 0.2) is 6.07 Å². The molecule has 0 spiro atoms. The number of nitrogens with zero attached hydrogens (tertiary/aromatic N) is 1. The molecule has 29 heavy (non-hydrogen) atoms. The maximum atomic E-state index is 12.7. The van der Waals surface area contributed by atoms with E-state index in [9.17, 15) is 19.2 Å². The Bertz CT molecular complexity index is 776. The van der Waals surface area contributed by atoms with Crippen LogP contribution < -0.4 is 10.6 Å². The van der Waals surface area contributed by atoms with Crippen molar-refractivity contribution in [2.24, 2.45) is 0 Å². The minimum absolute atomic E-state index is 0.0910. The van der Waals surface area contributed by atoms with Crippen LogP contribution in [0, 0.1) is 0 Å². The van der Waals surface area contributed by atoms with Gasteiger partial charge in [-0.3, -0.25) is 19.3 Å². The van der Waals surface area contributed by atoms with Crippen molar-refractivity contribution in [2.75, 3.05) is 38.7 Å². The zero-order valence-corrected chi connectivity index (χ0v) is 17.9. The number of rotatable bonds is 8. The molecule has 0 radical (unpaired) electrons. The summed E-state index contributed by atoms with van der Waals surface area (Å²) in [5.74, 6) is -1.53. The van der Waals surface area contributed by atoms with Gasteiger partial charge in [-0.15, -0.1) is 11.3 Å². The van der Waals surface area contributed by atoms with Crippen molar-refractivity contribution in [3.63, 3.8) is 0 Å². The Kier molecular flexibility index (Phi) is 8.15. The number of amides is 2. The van der Waals surface area contributed by atoms with Crippen molar-refractivity contribution in [1.82, 2.24) is 10.2 Å². The third-order valence-electron chi connectivity index (χ3n) is 4.44. The molecule has 0 bridgehead atoms.